The van der Waals surface area contributed by atoms with E-state index in [1.165, 1.54) is 0 Å². The minimum atomic E-state index is -5.08. The third-order valence-electron chi connectivity index (χ3n) is 7.14. The fourth-order valence-electron chi connectivity index (χ4n) is 4.80. The number of likely N-dealkylation sites (tertiary alicyclic amines) is 1. The highest BCUT2D eigenvalue weighted by Crippen LogP contribution is 2.41. The fourth-order valence-corrected chi connectivity index (χ4v) is 4.80. The lowest BCUT2D eigenvalue weighted by molar-refractivity contribution is -0.193. The Morgan fingerprint density at radius 3 is 1.54 bits per heavy atom. The lowest BCUT2D eigenvalue weighted by Crippen LogP contribution is -2.44. The molecule has 1 heterocycles. The monoisotopic (exact) mass is 658 g/mol. The van der Waals surface area contributed by atoms with Gasteiger partial charge in [-0.2, -0.15) is 26.3 Å². The molecule has 1 aliphatic heterocycles. The summed E-state index contributed by atoms with van der Waals surface area (Å²) >= 11 is 0. The standard InChI is InChI=1S/C28H34N2O2.2C2HF3O2/c29-22-23-12-14-27(15-13-23)32-21-7-18-30-19-16-26(17-20-30)28(31,24-8-3-1-4-9-24)25-10-5-2-6-11-25;2*3-2(4,5)1(6)7/h1-6,8-15,26,31H,7,16-22,29H2;2*(H,6,7). The molecule has 5 N–H and O–H groups in total. The maximum Gasteiger partial charge on any atom is 0.490 e. The molecule has 1 fully saturated rings. The number of ether oxygens (including phenoxy) is 1. The van der Waals surface area contributed by atoms with Crippen LogP contribution >= 0.6 is 0 Å². The molecule has 252 valence electrons. The molecule has 8 nitrogen and oxygen atoms in total. The number of nitrogens with zero attached hydrogens (tertiary/aromatic N) is 1. The van der Waals surface area contributed by atoms with Crippen LogP contribution in [0.4, 0.5) is 26.3 Å². The van der Waals surface area contributed by atoms with Gasteiger partial charge in [-0.15, -0.1) is 0 Å². The van der Waals surface area contributed by atoms with Crippen molar-refractivity contribution in [2.75, 3.05) is 26.2 Å². The van der Waals surface area contributed by atoms with E-state index in [9.17, 15) is 31.4 Å². The number of hydrogen-bond acceptors (Lipinski definition) is 6. The van der Waals surface area contributed by atoms with Crippen molar-refractivity contribution in [3.05, 3.63) is 102 Å². The second kappa shape index (κ2) is 17.5. The van der Waals surface area contributed by atoms with E-state index in [1.54, 1.807) is 0 Å². The molecule has 0 bridgehead atoms. The quantitative estimate of drug-likeness (QED) is 0.167. The summed E-state index contributed by atoms with van der Waals surface area (Å²) in [6, 6.07) is 28.3. The number of hydrogen-bond donors (Lipinski definition) is 4. The number of benzene rings is 3. The van der Waals surface area contributed by atoms with E-state index in [-0.39, 0.29) is 5.92 Å². The number of aliphatic carboxylic acids is 2. The van der Waals surface area contributed by atoms with E-state index < -0.39 is 29.9 Å². The molecule has 0 atom stereocenters. The van der Waals surface area contributed by atoms with Gasteiger partial charge >= 0.3 is 24.3 Å². The van der Waals surface area contributed by atoms with Crippen molar-refractivity contribution in [1.29, 1.82) is 0 Å². The molecule has 3 aromatic rings. The molecule has 0 amide bonds. The molecule has 3 aromatic carbocycles. The second-order valence-corrected chi connectivity index (χ2v) is 10.3. The van der Waals surface area contributed by atoms with Gasteiger partial charge in [-0.25, -0.2) is 9.59 Å². The number of piperidine rings is 1. The van der Waals surface area contributed by atoms with Crippen LogP contribution in [0.5, 0.6) is 5.75 Å². The molecule has 0 aliphatic carbocycles. The van der Waals surface area contributed by atoms with Gasteiger partial charge in [0, 0.05) is 13.1 Å². The summed E-state index contributed by atoms with van der Waals surface area (Å²) in [4.78, 5) is 20.3. The molecule has 0 radical (unpaired) electrons. The average molecular weight is 659 g/mol. The molecular weight excluding hydrogens is 622 g/mol. The molecule has 0 aromatic heterocycles. The lowest BCUT2D eigenvalue weighted by atomic mass is 9.72. The Morgan fingerprint density at radius 1 is 0.761 bits per heavy atom. The predicted molar refractivity (Wildman–Crippen MR) is 157 cm³/mol. The fraction of sp³-hybridized carbons (Fsp3) is 0.375. The van der Waals surface area contributed by atoms with Gasteiger partial charge in [0.25, 0.3) is 0 Å². The Kier molecular flexibility index (Phi) is 14.5. The van der Waals surface area contributed by atoms with Crippen LogP contribution < -0.4 is 10.5 Å². The molecule has 0 spiro atoms. The Bertz CT molecular complexity index is 1270. The van der Waals surface area contributed by atoms with Crippen LogP contribution in [0.25, 0.3) is 0 Å². The first kappa shape index (κ1) is 38.0. The van der Waals surface area contributed by atoms with Crippen molar-refractivity contribution < 1.29 is 56.0 Å². The number of aliphatic hydroxyl groups is 1. The number of rotatable bonds is 9. The van der Waals surface area contributed by atoms with Crippen molar-refractivity contribution >= 4 is 11.9 Å². The second-order valence-electron chi connectivity index (χ2n) is 10.3. The zero-order valence-electron chi connectivity index (χ0n) is 24.7. The highest BCUT2D eigenvalue weighted by atomic mass is 19.4. The highest BCUT2D eigenvalue weighted by Gasteiger charge is 2.41. The van der Waals surface area contributed by atoms with Crippen molar-refractivity contribution in [3.63, 3.8) is 0 Å². The first-order valence-corrected chi connectivity index (χ1v) is 14.2. The smallest absolute Gasteiger partial charge is 0.490 e. The SMILES string of the molecule is NCc1ccc(OCCCN2CCC(C(O)(c3ccccc3)c3ccccc3)CC2)cc1.O=C(O)C(F)(F)F.O=C(O)C(F)(F)F. The molecule has 1 aliphatic rings. The predicted octanol–water partition coefficient (Wildman–Crippen LogP) is 5.83. The largest absolute Gasteiger partial charge is 0.494 e. The average Bonchev–Trinajstić information content (AvgIpc) is 3.04. The van der Waals surface area contributed by atoms with Crippen molar-refractivity contribution in [2.24, 2.45) is 11.7 Å². The van der Waals surface area contributed by atoms with Crippen LogP contribution in [-0.2, 0) is 21.7 Å². The van der Waals surface area contributed by atoms with Crippen molar-refractivity contribution in [1.82, 2.24) is 4.90 Å². The maximum absolute atomic E-state index is 12.0. The summed E-state index contributed by atoms with van der Waals surface area (Å²) in [5.41, 5.74) is 7.78. The third kappa shape index (κ3) is 12.0. The molecule has 1 saturated heterocycles. The summed E-state index contributed by atoms with van der Waals surface area (Å²) in [6.07, 6.45) is -7.23. The summed E-state index contributed by atoms with van der Waals surface area (Å²) in [5.74, 6) is -4.42. The topological polar surface area (TPSA) is 133 Å². The van der Waals surface area contributed by atoms with Gasteiger partial charge in [0.05, 0.1) is 6.61 Å². The number of carboxylic acid groups (broad SMARTS) is 2. The summed E-state index contributed by atoms with van der Waals surface area (Å²) < 4.78 is 69.4. The van der Waals surface area contributed by atoms with E-state index in [2.05, 4.69) is 29.2 Å². The Labute approximate surface area is 262 Å². The zero-order chi connectivity index (χ0) is 34.4. The molecule has 0 saturated carbocycles. The van der Waals surface area contributed by atoms with Gasteiger partial charge in [0.2, 0.25) is 0 Å². The van der Waals surface area contributed by atoms with Crippen LogP contribution in [-0.4, -0.2) is 70.8 Å². The Morgan fingerprint density at radius 2 is 1.17 bits per heavy atom. The van der Waals surface area contributed by atoms with E-state index in [0.29, 0.717) is 13.2 Å². The van der Waals surface area contributed by atoms with Gasteiger partial charge < -0.3 is 30.7 Å². The van der Waals surface area contributed by atoms with Gasteiger partial charge in [-0.1, -0.05) is 72.8 Å². The van der Waals surface area contributed by atoms with Gasteiger partial charge in [0.1, 0.15) is 11.4 Å². The molecule has 14 heteroatoms. The number of halogens is 6. The van der Waals surface area contributed by atoms with E-state index in [1.807, 2.05) is 60.7 Å². The van der Waals surface area contributed by atoms with E-state index in [0.717, 1.165) is 61.3 Å². The van der Waals surface area contributed by atoms with E-state index >= 15 is 0 Å². The lowest BCUT2D eigenvalue weighted by Gasteiger charge is -2.42. The van der Waals surface area contributed by atoms with Crippen molar-refractivity contribution in [3.8, 4) is 5.75 Å². The molecular formula is C32H36F6N2O6. The summed E-state index contributed by atoms with van der Waals surface area (Å²) in [5, 5.41) is 26.2. The minimum absolute atomic E-state index is 0.195. The first-order chi connectivity index (χ1) is 21.6. The van der Waals surface area contributed by atoms with Gasteiger partial charge in [0.15, 0.2) is 0 Å². The molecule has 0 unspecified atom stereocenters. The Balaban J connectivity index is 0.000000440. The zero-order valence-corrected chi connectivity index (χ0v) is 24.7. The minimum Gasteiger partial charge on any atom is -0.494 e. The number of carbonyl (C=O) groups is 2. The highest BCUT2D eigenvalue weighted by molar-refractivity contribution is 5.73. The van der Waals surface area contributed by atoms with Crippen LogP contribution in [0.15, 0.2) is 84.9 Å². The van der Waals surface area contributed by atoms with Crippen LogP contribution in [0.3, 0.4) is 0 Å². The maximum atomic E-state index is 12.0. The van der Waals surface area contributed by atoms with Gasteiger partial charge in [-0.05, 0) is 67.1 Å². The van der Waals surface area contributed by atoms with Crippen LogP contribution in [0.2, 0.25) is 0 Å². The van der Waals surface area contributed by atoms with Gasteiger partial charge in [-0.3, -0.25) is 0 Å². The molecule has 4 rings (SSSR count). The van der Waals surface area contributed by atoms with E-state index in [4.69, 9.17) is 30.3 Å². The van der Waals surface area contributed by atoms with Crippen molar-refractivity contribution in [2.45, 2.75) is 43.8 Å². The Hall–Kier alpha value is -4.14. The third-order valence-corrected chi connectivity index (χ3v) is 7.14. The number of nitrogens with two attached hydrogens (primary N) is 1. The summed E-state index contributed by atoms with van der Waals surface area (Å²) in [6.45, 7) is 4.28. The van der Waals surface area contributed by atoms with Crippen LogP contribution in [0.1, 0.15) is 36.0 Å². The normalized spacial score (nSPS) is 14.3. The van der Waals surface area contributed by atoms with Crippen LogP contribution in [0, 0.1) is 5.92 Å². The molecule has 46 heavy (non-hydrogen) atoms. The number of carboxylic acids is 2. The number of alkyl halides is 6. The summed E-state index contributed by atoms with van der Waals surface area (Å²) in [7, 11) is 0. The first-order valence-electron chi connectivity index (χ1n) is 14.2.